The van der Waals surface area contributed by atoms with Crippen molar-refractivity contribution < 1.29 is 4.79 Å². The first kappa shape index (κ1) is 23.1. The van der Waals surface area contributed by atoms with Gasteiger partial charge in [0.25, 0.3) is 0 Å². The number of rotatable bonds is 5. The minimum absolute atomic E-state index is 0.0866. The molecule has 3 aromatic rings. The summed E-state index contributed by atoms with van der Waals surface area (Å²) < 4.78 is 2.19. The Hall–Kier alpha value is -2.70. The van der Waals surface area contributed by atoms with Crippen LogP contribution in [-0.2, 0) is 24.9 Å². The molecule has 3 atom stereocenters. The van der Waals surface area contributed by atoms with Crippen LogP contribution in [0.15, 0.2) is 54.6 Å². The molecule has 2 saturated heterocycles. The number of piperazine rings is 1. The van der Waals surface area contributed by atoms with E-state index in [4.69, 9.17) is 4.98 Å². The third kappa shape index (κ3) is 4.75. The van der Waals surface area contributed by atoms with Gasteiger partial charge in [-0.05, 0) is 50.9 Å². The van der Waals surface area contributed by atoms with E-state index in [1.807, 2.05) is 6.07 Å². The molecule has 0 saturated carbocycles. The quantitative estimate of drug-likeness (QED) is 0.580. The van der Waals surface area contributed by atoms with Crippen molar-refractivity contribution in [2.45, 2.75) is 51.9 Å². The Kier molecular flexibility index (Phi) is 6.70. The highest BCUT2D eigenvalue weighted by Crippen LogP contribution is 2.25. The van der Waals surface area contributed by atoms with Crippen molar-refractivity contribution in [3.63, 3.8) is 0 Å². The molecule has 1 amide bonds. The zero-order valence-electron chi connectivity index (χ0n) is 20.7. The molecule has 5 rings (SSSR count). The highest BCUT2D eigenvalue weighted by atomic mass is 16.2. The standard InChI is InChI=1S/C28H37N5O/c1-21-16-32(17-22(2)33(21)18-23-10-5-4-6-11-23)28(34)24-12-9-15-31(19-24)20-27-29-25-13-7-8-14-26(25)30(27)3/h4-8,10-11,13-14,21-22,24H,9,12,15-20H2,1-3H3/t21-,22+,24-/m0/s1. The van der Waals surface area contributed by atoms with Gasteiger partial charge < -0.3 is 9.47 Å². The number of nitrogens with zero attached hydrogens (tertiary/aromatic N) is 5. The predicted molar refractivity (Wildman–Crippen MR) is 136 cm³/mol. The summed E-state index contributed by atoms with van der Waals surface area (Å²) in [4.78, 5) is 25.5. The molecule has 3 heterocycles. The van der Waals surface area contributed by atoms with Crippen molar-refractivity contribution in [2.24, 2.45) is 13.0 Å². The normalized spacial score (nSPS) is 24.6. The van der Waals surface area contributed by atoms with E-state index in [1.54, 1.807) is 0 Å². The number of fused-ring (bicyclic) bond motifs is 1. The van der Waals surface area contributed by atoms with Crippen LogP contribution >= 0.6 is 0 Å². The van der Waals surface area contributed by atoms with Crippen molar-refractivity contribution in [3.05, 3.63) is 66.0 Å². The second-order valence-electron chi connectivity index (χ2n) is 10.2. The molecule has 2 aliphatic heterocycles. The Morgan fingerprint density at radius 2 is 1.65 bits per heavy atom. The number of hydrogen-bond acceptors (Lipinski definition) is 4. The SMILES string of the molecule is C[C@@H]1CN(C(=O)[C@H]2CCCN(Cc3nc4ccccc4n3C)C2)C[C@H](C)N1Cc1ccccc1. The number of para-hydroxylation sites is 2. The highest BCUT2D eigenvalue weighted by Gasteiger charge is 2.36. The molecule has 0 aliphatic carbocycles. The second kappa shape index (κ2) is 9.88. The number of likely N-dealkylation sites (tertiary alicyclic amines) is 1. The molecule has 2 fully saturated rings. The summed E-state index contributed by atoms with van der Waals surface area (Å²) in [7, 11) is 2.09. The monoisotopic (exact) mass is 459 g/mol. The minimum atomic E-state index is 0.0866. The zero-order chi connectivity index (χ0) is 23.7. The third-order valence-corrected chi connectivity index (χ3v) is 7.72. The van der Waals surface area contributed by atoms with Crippen molar-refractivity contribution in [3.8, 4) is 0 Å². The van der Waals surface area contributed by atoms with Crippen LogP contribution in [0.5, 0.6) is 0 Å². The van der Waals surface area contributed by atoms with Gasteiger partial charge in [0.05, 0.1) is 23.5 Å². The molecular weight excluding hydrogens is 422 g/mol. The molecule has 2 aromatic carbocycles. The largest absolute Gasteiger partial charge is 0.339 e. The highest BCUT2D eigenvalue weighted by molar-refractivity contribution is 5.79. The number of benzene rings is 2. The van der Waals surface area contributed by atoms with Gasteiger partial charge in [0.1, 0.15) is 5.82 Å². The van der Waals surface area contributed by atoms with Gasteiger partial charge in [-0.1, -0.05) is 42.5 Å². The second-order valence-corrected chi connectivity index (χ2v) is 10.2. The van der Waals surface area contributed by atoms with Gasteiger partial charge in [-0.25, -0.2) is 4.98 Å². The Morgan fingerprint density at radius 3 is 2.38 bits per heavy atom. The fourth-order valence-electron chi connectivity index (χ4n) is 5.84. The molecule has 6 heteroatoms. The number of amides is 1. The Morgan fingerprint density at radius 1 is 0.941 bits per heavy atom. The summed E-state index contributed by atoms with van der Waals surface area (Å²) >= 11 is 0. The van der Waals surface area contributed by atoms with E-state index in [9.17, 15) is 4.79 Å². The van der Waals surface area contributed by atoms with Crippen LogP contribution in [0.3, 0.4) is 0 Å². The van der Waals surface area contributed by atoms with Gasteiger partial charge in [0.2, 0.25) is 5.91 Å². The topological polar surface area (TPSA) is 44.6 Å². The molecule has 0 unspecified atom stereocenters. The predicted octanol–water partition coefficient (Wildman–Crippen LogP) is 3.91. The van der Waals surface area contributed by atoms with E-state index in [0.29, 0.717) is 18.0 Å². The zero-order valence-corrected chi connectivity index (χ0v) is 20.7. The van der Waals surface area contributed by atoms with Crippen LogP contribution in [-0.4, -0.2) is 68.4 Å². The number of carbonyl (C=O) groups excluding carboxylic acids is 1. The fourth-order valence-corrected chi connectivity index (χ4v) is 5.84. The van der Waals surface area contributed by atoms with Crippen LogP contribution < -0.4 is 0 Å². The number of hydrogen-bond donors (Lipinski definition) is 0. The summed E-state index contributed by atoms with van der Waals surface area (Å²) in [6.07, 6.45) is 2.06. The van der Waals surface area contributed by atoms with E-state index < -0.39 is 0 Å². The number of aryl methyl sites for hydroxylation is 1. The van der Waals surface area contributed by atoms with Gasteiger partial charge >= 0.3 is 0 Å². The lowest BCUT2D eigenvalue weighted by Gasteiger charge is -2.46. The lowest BCUT2D eigenvalue weighted by molar-refractivity contribution is -0.142. The van der Waals surface area contributed by atoms with Crippen LogP contribution in [0.1, 0.15) is 38.1 Å². The first-order chi connectivity index (χ1) is 16.5. The van der Waals surface area contributed by atoms with Crippen LogP contribution in [0.25, 0.3) is 11.0 Å². The van der Waals surface area contributed by atoms with Gasteiger partial charge in [-0.2, -0.15) is 0 Å². The summed E-state index contributed by atoms with van der Waals surface area (Å²) in [6, 6.07) is 19.7. The molecular formula is C28H37N5O. The molecule has 1 aromatic heterocycles. The molecule has 2 aliphatic rings. The Labute approximate surface area is 203 Å². The van der Waals surface area contributed by atoms with Crippen LogP contribution in [0.2, 0.25) is 0 Å². The van der Waals surface area contributed by atoms with Gasteiger partial charge in [0, 0.05) is 45.3 Å². The van der Waals surface area contributed by atoms with E-state index in [-0.39, 0.29) is 5.92 Å². The van der Waals surface area contributed by atoms with Crippen molar-refractivity contribution in [2.75, 3.05) is 26.2 Å². The molecule has 6 nitrogen and oxygen atoms in total. The van der Waals surface area contributed by atoms with Crippen molar-refractivity contribution in [1.82, 2.24) is 24.3 Å². The summed E-state index contributed by atoms with van der Waals surface area (Å²) in [6.45, 7) is 9.76. The molecule has 0 N–H and O–H groups in total. The lowest BCUT2D eigenvalue weighted by atomic mass is 9.95. The average molecular weight is 460 g/mol. The number of imidazole rings is 1. The van der Waals surface area contributed by atoms with Gasteiger partial charge in [0.15, 0.2) is 0 Å². The van der Waals surface area contributed by atoms with Crippen LogP contribution in [0.4, 0.5) is 0 Å². The van der Waals surface area contributed by atoms with E-state index in [2.05, 4.69) is 88.7 Å². The summed E-state index contributed by atoms with van der Waals surface area (Å²) in [5.41, 5.74) is 3.55. The molecule has 34 heavy (non-hydrogen) atoms. The smallest absolute Gasteiger partial charge is 0.227 e. The molecule has 0 spiro atoms. The number of piperidine rings is 1. The van der Waals surface area contributed by atoms with E-state index in [0.717, 1.165) is 63.5 Å². The maximum absolute atomic E-state index is 13.6. The van der Waals surface area contributed by atoms with Crippen molar-refractivity contribution in [1.29, 1.82) is 0 Å². The lowest BCUT2D eigenvalue weighted by Crippen LogP contribution is -2.59. The molecule has 0 radical (unpaired) electrons. The minimum Gasteiger partial charge on any atom is -0.339 e. The van der Waals surface area contributed by atoms with Gasteiger partial charge in [-0.15, -0.1) is 0 Å². The fraction of sp³-hybridized carbons (Fsp3) is 0.500. The van der Waals surface area contributed by atoms with Crippen LogP contribution in [0, 0.1) is 5.92 Å². The third-order valence-electron chi connectivity index (χ3n) is 7.72. The van der Waals surface area contributed by atoms with Crippen molar-refractivity contribution >= 4 is 16.9 Å². The first-order valence-electron chi connectivity index (χ1n) is 12.7. The Balaban J connectivity index is 1.21. The maximum atomic E-state index is 13.6. The average Bonchev–Trinajstić information content (AvgIpc) is 3.17. The number of carbonyl (C=O) groups is 1. The number of aromatic nitrogens is 2. The Bertz CT molecular complexity index is 1110. The van der Waals surface area contributed by atoms with E-state index in [1.165, 1.54) is 11.1 Å². The molecule has 180 valence electrons. The maximum Gasteiger partial charge on any atom is 0.227 e. The first-order valence-corrected chi connectivity index (χ1v) is 12.7. The molecule has 0 bridgehead atoms. The van der Waals surface area contributed by atoms with E-state index >= 15 is 0 Å². The summed E-state index contributed by atoms with van der Waals surface area (Å²) in [5.74, 6) is 1.50. The van der Waals surface area contributed by atoms with Gasteiger partial charge in [-0.3, -0.25) is 14.6 Å². The summed E-state index contributed by atoms with van der Waals surface area (Å²) in [5, 5.41) is 0.